The summed E-state index contributed by atoms with van der Waals surface area (Å²) in [7, 11) is 1.57. The predicted octanol–water partition coefficient (Wildman–Crippen LogP) is 8.27. The van der Waals surface area contributed by atoms with Crippen LogP contribution in [-0.4, -0.2) is 199 Å². The summed E-state index contributed by atoms with van der Waals surface area (Å²) < 4.78 is 34.2. The number of aromatic nitrogens is 3. The number of carbonyl (C=O) groups excluding carboxylic acids is 6. The van der Waals surface area contributed by atoms with E-state index >= 15 is 0 Å². The molecular weight excluding hydrogens is 1170 g/mol. The Morgan fingerprint density at radius 1 is 0.811 bits per heavy atom. The Hall–Kier alpha value is -7.73. The van der Waals surface area contributed by atoms with Gasteiger partial charge < -0.3 is 64.1 Å². The van der Waals surface area contributed by atoms with Gasteiger partial charge in [0, 0.05) is 99.8 Å². The minimum atomic E-state index is -1.27. The highest BCUT2D eigenvalue weighted by Crippen LogP contribution is 2.33. The molecule has 4 N–H and O–H groups in total. The van der Waals surface area contributed by atoms with E-state index in [1.54, 1.807) is 83.9 Å². The van der Waals surface area contributed by atoms with Gasteiger partial charge in [0.2, 0.25) is 17.7 Å². The number of H-pyrrole nitrogens is 1. The first kappa shape index (κ1) is 68.2. The summed E-state index contributed by atoms with van der Waals surface area (Å²) in [6, 6.07) is 21.8. The Morgan fingerprint density at radius 3 is 2.26 bits per heavy atom. The van der Waals surface area contributed by atoms with Gasteiger partial charge in [-0.15, -0.1) is 0 Å². The number of alkyl carbamates (subject to hydrolysis) is 1. The molecule has 5 aromatic rings. The highest BCUT2D eigenvalue weighted by molar-refractivity contribution is 6.30. The largest absolute Gasteiger partial charge is 0.497 e. The fourth-order valence-corrected chi connectivity index (χ4v) is 11.5. The van der Waals surface area contributed by atoms with Gasteiger partial charge in [0.15, 0.2) is 0 Å². The van der Waals surface area contributed by atoms with Crippen LogP contribution in [-0.2, 0) is 39.9 Å². The second kappa shape index (κ2) is 31.8. The molecular formula is C66H90ClN11O12. The maximum atomic E-state index is 14.7. The van der Waals surface area contributed by atoms with E-state index in [1.165, 1.54) is 11.2 Å². The third-order valence-corrected chi connectivity index (χ3v) is 16.4. The van der Waals surface area contributed by atoms with Crippen LogP contribution in [0.4, 0.5) is 15.4 Å². The van der Waals surface area contributed by atoms with E-state index in [2.05, 4.69) is 40.7 Å². The number of carbonyl (C=O) groups is 6. The summed E-state index contributed by atoms with van der Waals surface area (Å²) in [5.74, 6) is 1.18. The lowest BCUT2D eigenvalue weighted by atomic mass is 9.85. The van der Waals surface area contributed by atoms with Crippen molar-refractivity contribution in [3.05, 3.63) is 113 Å². The SMILES string of the molecule is CCOc1cc(OC)ccc1CN(CC(=O)N1CCCC(c2cccc(C(=O)NCCOCCOCCC(=O)N3CCN(CC[C@H](NC(=O)C4(NC(=O)OC(C)(C)C)CCN(c5ncnc6[nH]ccc56)CC4)c4ccc(Cl)cc4)CC3)c2)C1)C(=O)OC(C)(C)C. The molecule has 2 atom stereocenters. The minimum Gasteiger partial charge on any atom is -0.497 e. The van der Waals surface area contributed by atoms with Gasteiger partial charge in [-0.25, -0.2) is 19.6 Å². The highest BCUT2D eigenvalue weighted by Gasteiger charge is 2.45. The average molecular weight is 1260 g/mol. The first-order valence-corrected chi connectivity index (χ1v) is 31.7. The molecule has 1 unspecified atom stereocenters. The van der Waals surface area contributed by atoms with Crippen molar-refractivity contribution in [1.82, 2.24) is 50.5 Å². The van der Waals surface area contributed by atoms with E-state index in [9.17, 15) is 28.8 Å². The van der Waals surface area contributed by atoms with Gasteiger partial charge >= 0.3 is 12.2 Å². The number of benzene rings is 3. The first-order valence-electron chi connectivity index (χ1n) is 31.3. The zero-order valence-electron chi connectivity index (χ0n) is 53.4. The van der Waals surface area contributed by atoms with Crippen molar-refractivity contribution in [3.8, 4) is 11.5 Å². The zero-order chi connectivity index (χ0) is 64.4. The monoisotopic (exact) mass is 1260 g/mol. The molecule has 3 fully saturated rings. The van der Waals surface area contributed by atoms with Gasteiger partial charge in [-0.2, -0.15) is 0 Å². The van der Waals surface area contributed by atoms with Crippen LogP contribution in [0, 0.1) is 0 Å². The van der Waals surface area contributed by atoms with Crippen LogP contribution < -0.4 is 30.3 Å². The number of fused-ring (bicyclic) bond motifs is 1. The van der Waals surface area contributed by atoms with E-state index in [-0.39, 0.29) is 75.4 Å². The smallest absolute Gasteiger partial charge is 0.411 e. The van der Waals surface area contributed by atoms with Crippen molar-refractivity contribution in [2.45, 2.75) is 122 Å². The van der Waals surface area contributed by atoms with E-state index in [1.807, 2.05) is 60.5 Å². The van der Waals surface area contributed by atoms with Crippen LogP contribution in [0.5, 0.6) is 11.5 Å². The van der Waals surface area contributed by atoms with E-state index in [0.29, 0.717) is 119 Å². The molecule has 488 valence electrons. The van der Waals surface area contributed by atoms with Crippen molar-refractivity contribution in [3.63, 3.8) is 0 Å². The fourth-order valence-electron chi connectivity index (χ4n) is 11.4. The summed E-state index contributed by atoms with van der Waals surface area (Å²) in [6.45, 7) is 19.2. The number of methoxy groups -OCH3 is 1. The molecule has 90 heavy (non-hydrogen) atoms. The van der Waals surface area contributed by atoms with Crippen LogP contribution in [0.3, 0.4) is 0 Å². The zero-order valence-corrected chi connectivity index (χ0v) is 54.2. The number of piperidine rings is 2. The number of rotatable bonds is 26. The molecule has 0 bridgehead atoms. The number of hydrogen-bond donors (Lipinski definition) is 4. The van der Waals surface area contributed by atoms with Gasteiger partial charge in [0.05, 0.1) is 64.5 Å². The number of aromatic amines is 1. The number of hydrogen-bond acceptors (Lipinski definition) is 16. The van der Waals surface area contributed by atoms with Crippen LogP contribution in [0.25, 0.3) is 11.0 Å². The molecule has 0 spiro atoms. The Morgan fingerprint density at radius 2 is 1.54 bits per heavy atom. The molecule has 8 rings (SSSR count). The number of likely N-dealkylation sites (tertiary alicyclic amines) is 1. The first-order chi connectivity index (χ1) is 43.1. The number of anilines is 1. The van der Waals surface area contributed by atoms with Gasteiger partial charge in [-0.3, -0.25) is 29.0 Å². The standard InChI is InChI=1S/C66H90ClN11O12/c1-9-88-55-41-52(85-8)20-17-50(55)43-78(63(84)90-65(5,6)7)44-57(80)77-28-11-14-49(42-77)47-12-10-13-48(40-47)60(81)69-27-37-87-39-38-86-36-23-56(79)75-34-32-74(33-35-75)29-22-54(46-15-18-51(67)19-16-46)72-61(82)66(73-62(83)89-64(2,3)4)24-30-76(31-25-66)59-53-21-26-68-58(53)70-45-71-59/h10,12-13,15-21,26,40-41,45,49,54H,9,11,14,22-25,27-39,42-44H2,1-8H3,(H,69,81)(H,72,82)(H,73,83)(H,68,70,71)/t49?,54-/m0/s1. The van der Waals surface area contributed by atoms with E-state index in [0.717, 1.165) is 40.8 Å². The summed E-state index contributed by atoms with van der Waals surface area (Å²) in [5.41, 5.74) is 0.947. The number of halogens is 1. The van der Waals surface area contributed by atoms with E-state index < -0.39 is 35.0 Å². The lowest BCUT2D eigenvalue weighted by Gasteiger charge is -2.42. The van der Waals surface area contributed by atoms with E-state index in [4.69, 9.17) is 40.0 Å². The van der Waals surface area contributed by atoms with Gasteiger partial charge in [0.25, 0.3) is 5.91 Å². The predicted molar refractivity (Wildman–Crippen MR) is 342 cm³/mol. The number of piperazine rings is 1. The number of nitrogens with zero attached hydrogens (tertiary/aromatic N) is 7. The lowest BCUT2D eigenvalue weighted by molar-refractivity contribution is -0.134. The van der Waals surface area contributed by atoms with Crippen LogP contribution >= 0.6 is 11.6 Å². The third-order valence-electron chi connectivity index (χ3n) is 16.1. The minimum absolute atomic E-state index is 0.00864. The van der Waals surface area contributed by atoms with Gasteiger partial charge in [0.1, 0.15) is 52.6 Å². The van der Waals surface area contributed by atoms with Crippen LogP contribution in [0.15, 0.2) is 85.3 Å². The molecule has 0 saturated carbocycles. The molecule has 3 aliphatic heterocycles. The number of amides is 6. The topological polar surface area (TPSA) is 252 Å². The molecule has 0 radical (unpaired) electrons. The Kier molecular flexibility index (Phi) is 24.1. The van der Waals surface area contributed by atoms with Crippen molar-refractivity contribution >= 4 is 64.3 Å². The second-order valence-electron chi connectivity index (χ2n) is 25.0. The average Bonchev–Trinajstić information content (AvgIpc) is 1.20. The summed E-state index contributed by atoms with van der Waals surface area (Å²) in [6.07, 6.45) is 5.07. The van der Waals surface area contributed by atoms with Gasteiger partial charge in [-0.05, 0) is 134 Å². The Labute approximate surface area is 533 Å². The molecule has 2 aromatic heterocycles. The molecule has 3 aromatic carbocycles. The Balaban J connectivity index is 0.732. The third kappa shape index (κ3) is 19.6. The second-order valence-corrected chi connectivity index (χ2v) is 25.4. The molecule has 3 saturated heterocycles. The number of ether oxygens (including phenoxy) is 6. The fraction of sp³-hybridized carbons (Fsp3) is 0.545. The summed E-state index contributed by atoms with van der Waals surface area (Å²) in [5, 5.41) is 10.7. The van der Waals surface area contributed by atoms with Crippen LogP contribution in [0.2, 0.25) is 5.02 Å². The normalized spacial score (nSPS) is 16.6. The van der Waals surface area contributed by atoms with Crippen LogP contribution in [0.1, 0.15) is 126 Å². The van der Waals surface area contributed by atoms with Crippen molar-refractivity contribution in [1.29, 1.82) is 0 Å². The van der Waals surface area contributed by atoms with Gasteiger partial charge in [-0.1, -0.05) is 35.9 Å². The van der Waals surface area contributed by atoms with Crippen molar-refractivity contribution in [2.75, 3.05) is 117 Å². The van der Waals surface area contributed by atoms with Crippen molar-refractivity contribution < 1.29 is 57.2 Å². The van der Waals surface area contributed by atoms with Crippen molar-refractivity contribution in [2.24, 2.45) is 0 Å². The molecule has 24 heteroatoms. The Bertz CT molecular complexity index is 3210. The molecule has 23 nitrogen and oxygen atoms in total. The highest BCUT2D eigenvalue weighted by atomic mass is 35.5. The molecule has 3 aliphatic rings. The maximum Gasteiger partial charge on any atom is 0.411 e. The quantitative estimate of drug-likeness (QED) is 0.0380. The lowest BCUT2D eigenvalue weighted by Crippen LogP contribution is -2.64. The molecule has 0 aliphatic carbocycles. The molecule has 5 heterocycles. The number of nitrogens with one attached hydrogen (secondary N) is 4. The summed E-state index contributed by atoms with van der Waals surface area (Å²) in [4.78, 5) is 104. The summed E-state index contributed by atoms with van der Waals surface area (Å²) >= 11 is 6.32. The molecule has 6 amide bonds. The maximum absolute atomic E-state index is 14.7.